The number of rotatable bonds is 4. The molecule has 0 saturated carbocycles. The summed E-state index contributed by atoms with van der Waals surface area (Å²) in [4.78, 5) is 0. The van der Waals surface area contributed by atoms with Gasteiger partial charge in [0.25, 0.3) is 0 Å². The number of benzene rings is 1. The van der Waals surface area contributed by atoms with Gasteiger partial charge in [-0.2, -0.15) is 0 Å². The van der Waals surface area contributed by atoms with E-state index in [4.69, 9.17) is 35.0 Å². The maximum atomic E-state index is 5.96. The van der Waals surface area contributed by atoms with Crippen LogP contribution >= 0.6 is 18.8 Å². The van der Waals surface area contributed by atoms with Crippen molar-refractivity contribution in [1.29, 1.82) is 0 Å². The summed E-state index contributed by atoms with van der Waals surface area (Å²) in [6.45, 7) is 2.44. The molecule has 1 aromatic carbocycles. The zero-order valence-electron chi connectivity index (χ0n) is 9.86. The average molecular weight is 460 g/mol. The number of halogens is 2. The first kappa shape index (κ1) is 17.2. The van der Waals surface area contributed by atoms with Gasteiger partial charge in [0.05, 0.1) is 7.11 Å². The Hall–Kier alpha value is 0.208. The number of methoxy groups -OCH3 is 1. The molecule has 4 N–H and O–H groups in total. The molecule has 6 heteroatoms. The summed E-state index contributed by atoms with van der Waals surface area (Å²) in [6, 6.07) is 7.89. The van der Waals surface area contributed by atoms with Crippen LogP contribution in [0.5, 0.6) is 5.75 Å². The second-order valence-corrected chi connectivity index (χ2v) is 7.21. The fourth-order valence-electron chi connectivity index (χ4n) is 1.28. The molecule has 3 nitrogen and oxygen atoms in total. The molecule has 0 fully saturated rings. The minimum atomic E-state index is -0.472. The average Bonchev–Trinajstić information content (AvgIpc) is 2.31. The summed E-state index contributed by atoms with van der Waals surface area (Å²) >= 11 is -0.472. The van der Waals surface area contributed by atoms with E-state index in [9.17, 15) is 0 Å². The molecule has 0 bridgehead atoms. The monoisotopic (exact) mass is 459 g/mol. The van der Waals surface area contributed by atoms with Gasteiger partial charge < -0.3 is 16.2 Å². The van der Waals surface area contributed by atoms with Gasteiger partial charge in [0.15, 0.2) is 0 Å². The molecule has 0 spiro atoms. The Morgan fingerprint density at radius 2 is 1.76 bits per heavy atom. The van der Waals surface area contributed by atoms with Gasteiger partial charge >= 0.3 is 35.3 Å². The predicted octanol–water partition coefficient (Wildman–Crippen LogP) is 2.29. The summed E-state index contributed by atoms with van der Waals surface area (Å²) in [7, 11) is 11.4. The van der Waals surface area contributed by atoms with Crippen molar-refractivity contribution in [3.8, 4) is 5.75 Å². The van der Waals surface area contributed by atoms with Crippen LogP contribution in [0.3, 0.4) is 0 Å². The van der Waals surface area contributed by atoms with Crippen LogP contribution in [-0.4, -0.2) is 19.2 Å². The third-order valence-corrected chi connectivity index (χ3v) is 2.23. The first-order valence-corrected chi connectivity index (χ1v) is 10.6. The van der Waals surface area contributed by atoms with E-state index in [1.807, 2.05) is 31.2 Å². The Kier molecular flexibility index (Phi) is 9.29. The Balaban J connectivity index is 0.000000770. The summed E-state index contributed by atoms with van der Waals surface area (Å²) < 4.78 is 5.07. The molecule has 0 aliphatic carbocycles. The number of hydrogen-bond donors (Lipinski definition) is 2. The molecule has 0 aliphatic rings. The van der Waals surface area contributed by atoms with Crippen molar-refractivity contribution >= 4 is 18.8 Å². The standard InChI is InChI=1S/C11H18N2O.2ClH.Pt/c1-11(13,8-12)7-9-3-5-10(14-2)6-4-9;;;/h3-6H,7-8,12-13H2,1-2H3;2*1H;/q;;;+2/p-2. The van der Waals surface area contributed by atoms with E-state index in [1.54, 1.807) is 7.11 Å². The van der Waals surface area contributed by atoms with Crippen molar-refractivity contribution < 1.29 is 21.2 Å². The fraction of sp³-hybridized carbons (Fsp3) is 0.455. The van der Waals surface area contributed by atoms with Gasteiger partial charge in [-0.15, -0.1) is 0 Å². The molecule has 0 aliphatic heterocycles. The predicted molar refractivity (Wildman–Crippen MR) is 70.1 cm³/mol. The fourth-order valence-corrected chi connectivity index (χ4v) is 1.28. The Bertz CT molecular complexity index is 307. The summed E-state index contributed by atoms with van der Waals surface area (Å²) in [5.41, 5.74) is 12.4. The summed E-state index contributed by atoms with van der Waals surface area (Å²) in [5.74, 6) is 0.861. The first-order chi connectivity index (χ1) is 7.99. The summed E-state index contributed by atoms with van der Waals surface area (Å²) in [5, 5.41) is 0. The van der Waals surface area contributed by atoms with Gasteiger partial charge in [-0.05, 0) is 31.0 Å². The second-order valence-electron chi connectivity index (χ2n) is 3.93. The van der Waals surface area contributed by atoms with E-state index in [2.05, 4.69) is 0 Å². The normalized spacial score (nSPS) is 13.5. The maximum absolute atomic E-state index is 5.96. The zero-order chi connectivity index (χ0) is 13.3. The van der Waals surface area contributed by atoms with Crippen LogP contribution in [0.25, 0.3) is 0 Å². The third kappa shape index (κ3) is 8.01. The Labute approximate surface area is 119 Å². The number of nitrogens with two attached hydrogens (primary N) is 2. The molecule has 1 atom stereocenters. The van der Waals surface area contributed by atoms with Gasteiger partial charge in [-0.25, -0.2) is 0 Å². The van der Waals surface area contributed by atoms with Crippen molar-refractivity contribution in [2.75, 3.05) is 13.7 Å². The van der Waals surface area contributed by atoms with Crippen molar-refractivity contribution in [2.24, 2.45) is 11.5 Å². The van der Waals surface area contributed by atoms with Gasteiger partial charge in [0.1, 0.15) is 5.75 Å². The van der Waals surface area contributed by atoms with Crippen LogP contribution in [0.4, 0.5) is 0 Å². The number of ether oxygens (including phenoxy) is 1. The van der Waals surface area contributed by atoms with Crippen LogP contribution in [0.15, 0.2) is 24.3 Å². The summed E-state index contributed by atoms with van der Waals surface area (Å²) in [6.07, 6.45) is 0.785. The van der Waals surface area contributed by atoms with Crippen LogP contribution < -0.4 is 16.2 Å². The molecule has 1 rings (SSSR count). The van der Waals surface area contributed by atoms with Crippen LogP contribution in [-0.2, 0) is 22.9 Å². The van der Waals surface area contributed by atoms with E-state index < -0.39 is 16.5 Å². The molecule has 17 heavy (non-hydrogen) atoms. The third-order valence-electron chi connectivity index (χ3n) is 2.23. The minimum absolute atomic E-state index is 0.325. The number of hydrogen-bond acceptors (Lipinski definition) is 3. The van der Waals surface area contributed by atoms with Crippen LogP contribution in [0.2, 0.25) is 0 Å². The Morgan fingerprint density at radius 1 is 1.29 bits per heavy atom. The van der Waals surface area contributed by atoms with Crippen molar-refractivity contribution in [2.45, 2.75) is 18.9 Å². The van der Waals surface area contributed by atoms with Gasteiger partial charge in [0.2, 0.25) is 0 Å². The van der Waals surface area contributed by atoms with Crippen molar-refractivity contribution in [3.05, 3.63) is 29.8 Å². The van der Waals surface area contributed by atoms with Crippen LogP contribution in [0, 0.1) is 0 Å². The molecule has 0 saturated heterocycles. The van der Waals surface area contributed by atoms with E-state index in [0.717, 1.165) is 12.2 Å². The SMILES string of the molecule is COc1ccc(CC(C)(N)CN)cc1.[Cl][Pt][Cl]. The first-order valence-electron chi connectivity index (χ1n) is 4.93. The van der Waals surface area contributed by atoms with E-state index in [-0.39, 0.29) is 5.54 Å². The zero-order valence-corrected chi connectivity index (χ0v) is 13.6. The van der Waals surface area contributed by atoms with Gasteiger partial charge in [-0.1, -0.05) is 12.1 Å². The van der Waals surface area contributed by atoms with Crippen molar-refractivity contribution in [1.82, 2.24) is 0 Å². The molecule has 102 valence electrons. The van der Waals surface area contributed by atoms with Gasteiger partial charge in [-0.3, -0.25) is 0 Å². The van der Waals surface area contributed by atoms with Gasteiger partial charge in [0, 0.05) is 12.1 Å². The molecule has 1 unspecified atom stereocenters. The molecular weight excluding hydrogens is 442 g/mol. The Morgan fingerprint density at radius 3 is 2.12 bits per heavy atom. The molecule has 1 aromatic rings. The molecule has 0 heterocycles. The van der Waals surface area contributed by atoms with E-state index in [0.29, 0.717) is 6.54 Å². The topological polar surface area (TPSA) is 61.3 Å². The molecule has 0 aromatic heterocycles. The van der Waals surface area contributed by atoms with Crippen molar-refractivity contribution in [3.63, 3.8) is 0 Å². The molecule has 0 radical (unpaired) electrons. The molecular formula is C11H18Cl2N2OPt. The quantitative estimate of drug-likeness (QED) is 0.725. The van der Waals surface area contributed by atoms with E-state index >= 15 is 0 Å². The molecule has 0 amide bonds. The second kappa shape index (κ2) is 9.18. The van der Waals surface area contributed by atoms with E-state index in [1.165, 1.54) is 5.56 Å². The van der Waals surface area contributed by atoms with Crippen LogP contribution in [0.1, 0.15) is 12.5 Å².